The first-order chi connectivity index (χ1) is 12.7. The molecule has 6 heteroatoms. The largest absolute Gasteiger partial charge is 0.456 e. The number of nitrogens with one attached hydrogen (secondary N) is 2. The van der Waals surface area contributed by atoms with Crippen LogP contribution in [0.5, 0.6) is 0 Å². The van der Waals surface area contributed by atoms with E-state index in [-0.39, 0.29) is 13.0 Å². The van der Waals surface area contributed by atoms with Crippen molar-refractivity contribution in [2.24, 2.45) is 0 Å². The number of ether oxygens (including phenoxy) is 1. The summed E-state index contributed by atoms with van der Waals surface area (Å²) < 4.78 is 5.02. The van der Waals surface area contributed by atoms with Crippen LogP contribution >= 0.6 is 0 Å². The third-order valence-corrected chi connectivity index (χ3v) is 3.91. The van der Waals surface area contributed by atoms with Crippen molar-refractivity contribution in [3.8, 4) is 6.07 Å². The number of hydrogen-bond donors (Lipinski definition) is 2. The number of fused-ring (bicyclic) bond motifs is 1. The smallest absolute Gasteiger partial charge is 0.306 e. The second-order valence-electron chi connectivity index (χ2n) is 5.76. The van der Waals surface area contributed by atoms with Crippen LogP contribution in [0.15, 0.2) is 54.7 Å². The number of nitrogens with zero attached hydrogens (tertiary/aromatic N) is 1. The summed E-state index contributed by atoms with van der Waals surface area (Å²) in [6.45, 7) is -0.358. The molecule has 0 atom stereocenters. The highest BCUT2D eigenvalue weighted by molar-refractivity contribution is 5.93. The molecule has 0 aliphatic heterocycles. The lowest BCUT2D eigenvalue weighted by molar-refractivity contribution is -0.147. The van der Waals surface area contributed by atoms with Gasteiger partial charge >= 0.3 is 5.97 Å². The van der Waals surface area contributed by atoms with Crippen molar-refractivity contribution in [3.05, 3.63) is 65.9 Å². The number of hydrogen-bond acceptors (Lipinski definition) is 4. The Bertz CT molecular complexity index is 985. The molecule has 2 N–H and O–H groups in total. The Morgan fingerprint density at radius 3 is 2.85 bits per heavy atom. The van der Waals surface area contributed by atoms with E-state index in [0.717, 1.165) is 16.5 Å². The molecule has 0 spiro atoms. The first-order valence-electron chi connectivity index (χ1n) is 8.16. The molecule has 6 nitrogen and oxygen atoms in total. The Hall–Kier alpha value is -3.59. The van der Waals surface area contributed by atoms with E-state index < -0.39 is 11.9 Å². The van der Waals surface area contributed by atoms with Gasteiger partial charge in [-0.05, 0) is 36.2 Å². The van der Waals surface area contributed by atoms with Crippen LogP contribution in [0.3, 0.4) is 0 Å². The number of para-hydroxylation sites is 1. The molecule has 0 saturated carbocycles. The van der Waals surface area contributed by atoms with Gasteiger partial charge in [-0.15, -0.1) is 0 Å². The van der Waals surface area contributed by atoms with E-state index in [1.54, 1.807) is 24.3 Å². The van der Waals surface area contributed by atoms with Crippen molar-refractivity contribution in [1.29, 1.82) is 5.26 Å². The van der Waals surface area contributed by atoms with Gasteiger partial charge in [0.05, 0.1) is 11.6 Å². The molecule has 3 rings (SSSR count). The molecule has 0 fully saturated rings. The van der Waals surface area contributed by atoms with E-state index in [1.165, 1.54) is 0 Å². The van der Waals surface area contributed by atoms with Crippen molar-refractivity contribution in [3.63, 3.8) is 0 Å². The van der Waals surface area contributed by atoms with Gasteiger partial charge < -0.3 is 15.0 Å². The zero-order valence-electron chi connectivity index (χ0n) is 14.0. The number of aryl methyl sites for hydroxylation is 1. The van der Waals surface area contributed by atoms with E-state index in [4.69, 9.17) is 10.00 Å². The summed E-state index contributed by atoms with van der Waals surface area (Å²) in [6, 6.07) is 16.4. The predicted molar refractivity (Wildman–Crippen MR) is 97.4 cm³/mol. The van der Waals surface area contributed by atoms with Gasteiger partial charge in [0, 0.05) is 29.2 Å². The number of rotatable bonds is 6. The number of carbonyl (C=O) groups excluding carboxylic acids is 2. The first-order valence-corrected chi connectivity index (χ1v) is 8.16. The maximum atomic E-state index is 11.9. The van der Waals surface area contributed by atoms with Crippen LogP contribution in [0, 0.1) is 11.3 Å². The molecular formula is C20H17N3O3. The summed E-state index contributed by atoms with van der Waals surface area (Å²) in [5.41, 5.74) is 2.99. The Kier molecular flexibility index (Phi) is 5.30. The summed E-state index contributed by atoms with van der Waals surface area (Å²) in [5.74, 6) is -0.878. The van der Waals surface area contributed by atoms with Crippen LogP contribution in [0.2, 0.25) is 0 Å². The molecule has 0 saturated heterocycles. The van der Waals surface area contributed by atoms with Crippen LogP contribution in [0.4, 0.5) is 5.69 Å². The molecule has 1 aromatic heterocycles. The average molecular weight is 347 g/mol. The van der Waals surface area contributed by atoms with Crippen molar-refractivity contribution >= 4 is 28.5 Å². The lowest BCUT2D eigenvalue weighted by Gasteiger charge is -2.07. The van der Waals surface area contributed by atoms with E-state index in [2.05, 4.69) is 10.3 Å². The lowest BCUT2D eigenvalue weighted by Crippen LogP contribution is -2.21. The Morgan fingerprint density at radius 1 is 1.15 bits per heavy atom. The first kappa shape index (κ1) is 17.2. The maximum absolute atomic E-state index is 11.9. The summed E-state index contributed by atoms with van der Waals surface area (Å²) in [4.78, 5) is 26.9. The fourth-order valence-electron chi connectivity index (χ4n) is 2.66. The molecule has 0 bridgehead atoms. The molecule has 3 aromatic rings. The SMILES string of the molecule is N#Cc1cccc(NC(=O)COC(=O)CCc2c[nH]c3ccccc23)c1. The minimum Gasteiger partial charge on any atom is -0.456 e. The second kappa shape index (κ2) is 7.99. The molecule has 1 amide bonds. The van der Waals surface area contributed by atoms with Crippen LogP contribution in [0.1, 0.15) is 17.5 Å². The number of H-pyrrole nitrogens is 1. The van der Waals surface area contributed by atoms with Crippen molar-refractivity contribution in [2.45, 2.75) is 12.8 Å². The molecule has 0 radical (unpaired) electrons. The van der Waals surface area contributed by atoms with Gasteiger partial charge in [0.2, 0.25) is 0 Å². The maximum Gasteiger partial charge on any atom is 0.306 e. The number of aromatic nitrogens is 1. The third kappa shape index (κ3) is 4.28. The quantitative estimate of drug-likeness (QED) is 0.670. The monoisotopic (exact) mass is 347 g/mol. The molecule has 0 unspecified atom stereocenters. The summed E-state index contributed by atoms with van der Waals surface area (Å²) in [5, 5.41) is 12.5. The minimum atomic E-state index is -0.444. The summed E-state index contributed by atoms with van der Waals surface area (Å²) in [6.07, 6.45) is 2.61. The van der Waals surface area contributed by atoms with Crippen molar-refractivity contribution in [1.82, 2.24) is 4.98 Å². The number of amides is 1. The molecular weight excluding hydrogens is 330 g/mol. The van der Waals surface area contributed by atoms with Crippen LogP contribution in [0.25, 0.3) is 10.9 Å². The third-order valence-electron chi connectivity index (χ3n) is 3.91. The zero-order chi connectivity index (χ0) is 18.4. The number of anilines is 1. The standard InChI is InChI=1S/C20H17N3O3/c21-11-14-4-3-5-16(10-14)23-19(24)13-26-20(25)9-8-15-12-22-18-7-2-1-6-17(15)18/h1-7,10,12,22H,8-9,13H2,(H,23,24). The topological polar surface area (TPSA) is 95.0 Å². The van der Waals surface area contributed by atoms with Gasteiger partial charge in [0.1, 0.15) is 0 Å². The molecule has 130 valence electrons. The molecule has 2 aromatic carbocycles. The van der Waals surface area contributed by atoms with Crippen molar-refractivity contribution < 1.29 is 14.3 Å². The van der Waals surface area contributed by atoms with Gasteiger partial charge in [-0.25, -0.2) is 0 Å². The Morgan fingerprint density at radius 2 is 2.00 bits per heavy atom. The summed E-state index contributed by atoms with van der Waals surface area (Å²) >= 11 is 0. The van der Waals surface area contributed by atoms with E-state index in [0.29, 0.717) is 17.7 Å². The highest BCUT2D eigenvalue weighted by atomic mass is 16.5. The van der Waals surface area contributed by atoms with E-state index >= 15 is 0 Å². The number of carbonyl (C=O) groups is 2. The number of aromatic amines is 1. The fourth-order valence-corrected chi connectivity index (χ4v) is 2.66. The highest BCUT2D eigenvalue weighted by Crippen LogP contribution is 2.19. The van der Waals surface area contributed by atoms with Gasteiger partial charge in [-0.2, -0.15) is 5.26 Å². The average Bonchev–Trinajstić information content (AvgIpc) is 3.08. The van der Waals surface area contributed by atoms with Crippen LogP contribution in [-0.2, 0) is 20.7 Å². The molecule has 0 aliphatic rings. The van der Waals surface area contributed by atoms with Crippen LogP contribution in [-0.4, -0.2) is 23.5 Å². The van der Waals surface area contributed by atoms with Gasteiger partial charge in [0.15, 0.2) is 6.61 Å². The van der Waals surface area contributed by atoms with Gasteiger partial charge in [-0.1, -0.05) is 24.3 Å². The fraction of sp³-hybridized carbons (Fsp3) is 0.150. The molecule has 26 heavy (non-hydrogen) atoms. The van der Waals surface area contributed by atoms with Crippen LogP contribution < -0.4 is 5.32 Å². The lowest BCUT2D eigenvalue weighted by atomic mass is 10.1. The van der Waals surface area contributed by atoms with Gasteiger partial charge in [-0.3, -0.25) is 9.59 Å². The Labute approximate surface area is 150 Å². The highest BCUT2D eigenvalue weighted by Gasteiger charge is 2.10. The summed E-state index contributed by atoms with van der Waals surface area (Å²) in [7, 11) is 0. The van der Waals surface area contributed by atoms with E-state index in [1.807, 2.05) is 36.5 Å². The van der Waals surface area contributed by atoms with Gasteiger partial charge in [0.25, 0.3) is 5.91 Å². The number of esters is 1. The normalized spacial score (nSPS) is 10.3. The zero-order valence-corrected chi connectivity index (χ0v) is 14.0. The number of benzene rings is 2. The molecule has 1 heterocycles. The second-order valence-corrected chi connectivity index (χ2v) is 5.76. The Balaban J connectivity index is 1.46. The van der Waals surface area contributed by atoms with E-state index in [9.17, 15) is 9.59 Å². The molecule has 0 aliphatic carbocycles. The number of nitriles is 1. The predicted octanol–water partition coefficient (Wildman–Crippen LogP) is 3.15. The van der Waals surface area contributed by atoms with Crippen molar-refractivity contribution in [2.75, 3.05) is 11.9 Å². The minimum absolute atomic E-state index is 0.193.